The predicted octanol–water partition coefficient (Wildman–Crippen LogP) is 4.35. The van der Waals surface area contributed by atoms with E-state index < -0.39 is 41.0 Å². The number of ether oxygens (including phenoxy) is 1. The molecule has 0 saturated carbocycles. The number of anilines is 2. The number of nitrogens with two attached hydrogens (primary N) is 1. The summed E-state index contributed by atoms with van der Waals surface area (Å²) in [6.07, 6.45) is -5.50. The summed E-state index contributed by atoms with van der Waals surface area (Å²) in [6, 6.07) is 3.08. The lowest BCUT2D eigenvalue weighted by Gasteiger charge is -2.20. The molecule has 140 valence electrons. The van der Waals surface area contributed by atoms with E-state index in [1.165, 1.54) is 6.20 Å². The first kappa shape index (κ1) is 19.8. The number of aryl methyl sites for hydroxylation is 1. The molecule has 0 aliphatic heterocycles. The number of hydrogen-bond donors (Lipinski definition) is 2. The van der Waals surface area contributed by atoms with E-state index in [2.05, 4.69) is 10.3 Å². The van der Waals surface area contributed by atoms with Crippen molar-refractivity contribution in [1.29, 1.82) is 0 Å². The Hall–Kier alpha value is -2.55. The zero-order chi connectivity index (χ0) is 19.6. The predicted molar refractivity (Wildman–Crippen MR) is 88.9 cm³/mol. The minimum Gasteiger partial charge on any atom is -0.480 e. The van der Waals surface area contributed by atoms with E-state index in [1.54, 1.807) is 13.0 Å². The number of halogens is 5. The van der Waals surface area contributed by atoms with Crippen molar-refractivity contribution >= 4 is 28.9 Å². The quantitative estimate of drug-likeness (QED) is 0.461. The Morgan fingerprint density at radius 1 is 1.38 bits per heavy atom. The van der Waals surface area contributed by atoms with Crippen LogP contribution in [-0.4, -0.2) is 23.2 Å². The fourth-order valence-corrected chi connectivity index (χ4v) is 2.21. The highest BCUT2D eigenvalue weighted by molar-refractivity contribution is 6.33. The Bertz CT molecular complexity index is 823. The summed E-state index contributed by atoms with van der Waals surface area (Å²) >= 11 is 5.90. The highest BCUT2D eigenvalue weighted by Crippen LogP contribution is 2.31. The van der Waals surface area contributed by atoms with Crippen LogP contribution in [0.25, 0.3) is 0 Å². The van der Waals surface area contributed by atoms with Gasteiger partial charge in [0.1, 0.15) is 11.6 Å². The van der Waals surface area contributed by atoms with E-state index in [9.17, 15) is 22.4 Å². The summed E-state index contributed by atoms with van der Waals surface area (Å²) < 4.78 is 56.8. The van der Waals surface area contributed by atoms with E-state index in [0.717, 1.165) is 13.0 Å². The molecule has 1 aromatic heterocycles. The van der Waals surface area contributed by atoms with Crippen LogP contribution in [0.15, 0.2) is 24.4 Å². The minimum atomic E-state index is -4.68. The van der Waals surface area contributed by atoms with E-state index in [4.69, 9.17) is 22.1 Å². The molecule has 0 saturated heterocycles. The molecule has 0 radical (unpaired) electrons. The molecule has 3 N–H and O–H groups in total. The third-order valence-corrected chi connectivity index (χ3v) is 3.75. The standard InChI is InChI=1S/C16H14ClF4N3O2/c1-7-3-4-23-14(17)13(7)24-15(25)9-5-10(18)11(22)6-12(9)26-8(2)16(19,20)21/h3-6,8H,22H2,1-2H3,(H,24,25)/t8-/m0/s1. The van der Waals surface area contributed by atoms with Gasteiger partial charge in [-0.05, 0) is 31.5 Å². The number of amides is 1. The third kappa shape index (κ3) is 4.34. The molecule has 1 aromatic carbocycles. The second kappa shape index (κ2) is 7.36. The number of benzene rings is 1. The summed E-state index contributed by atoms with van der Waals surface area (Å²) in [5.41, 5.74) is 5.15. The molecule has 10 heteroatoms. The zero-order valence-electron chi connectivity index (χ0n) is 13.6. The fourth-order valence-electron chi connectivity index (χ4n) is 1.96. The van der Waals surface area contributed by atoms with Gasteiger partial charge in [0, 0.05) is 12.3 Å². The molecule has 0 aliphatic carbocycles. The van der Waals surface area contributed by atoms with Gasteiger partial charge in [0.05, 0.1) is 16.9 Å². The van der Waals surface area contributed by atoms with Crippen LogP contribution in [0, 0.1) is 12.7 Å². The summed E-state index contributed by atoms with van der Waals surface area (Å²) in [5, 5.41) is 2.36. The average Bonchev–Trinajstić information content (AvgIpc) is 2.53. The lowest BCUT2D eigenvalue weighted by Crippen LogP contribution is -2.32. The van der Waals surface area contributed by atoms with Crippen molar-refractivity contribution in [2.75, 3.05) is 11.1 Å². The fraction of sp³-hybridized carbons (Fsp3) is 0.250. The number of carbonyl (C=O) groups is 1. The van der Waals surface area contributed by atoms with Gasteiger partial charge >= 0.3 is 6.18 Å². The summed E-state index contributed by atoms with van der Waals surface area (Å²) in [5.74, 6) is -2.41. The van der Waals surface area contributed by atoms with Crippen molar-refractivity contribution in [3.05, 3.63) is 46.5 Å². The van der Waals surface area contributed by atoms with Crippen molar-refractivity contribution in [3.8, 4) is 5.75 Å². The van der Waals surface area contributed by atoms with Gasteiger partial charge in [0.15, 0.2) is 11.3 Å². The van der Waals surface area contributed by atoms with E-state index in [-0.39, 0.29) is 10.8 Å². The molecule has 1 amide bonds. The number of alkyl halides is 3. The number of aromatic nitrogens is 1. The summed E-state index contributed by atoms with van der Waals surface area (Å²) in [7, 11) is 0. The van der Waals surface area contributed by atoms with Gasteiger partial charge in [-0.1, -0.05) is 11.6 Å². The number of nitrogen functional groups attached to an aromatic ring is 1. The second-order valence-corrected chi connectivity index (χ2v) is 5.78. The number of pyridine rings is 1. The van der Waals surface area contributed by atoms with Gasteiger partial charge in [-0.3, -0.25) is 4.79 Å². The number of carbonyl (C=O) groups excluding carboxylic acids is 1. The minimum absolute atomic E-state index is 0.0274. The number of rotatable bonds is 4. The first-order chi connectivity index (χ1) is 12.0. The normalized spacial score (nSPS) is 12.6. The molecule has 0 spiro atoms. The molecule has 5 nitrogen and oxygen atoms in total. The largest absolute Gasteiger partial charge is 0.480 e. The van der Waals surface area contributed by atoms with Crippen LogP contribution in [0.2, 0.25) is 5.15 Å². The maximum absolute atomic E-state index is 13.8. The smallest absolute Gasteiger partial charge is 0.425 e. The van der Waals surface area contributed by atoms with Gasteiger partial charge in [-0.2, -0.15) is 13.2 Å². The van der Waals surface area contributed by atoms with E-state index in [0.29, 0.717) is 11.6 Å². The Labute approximate surface area is 151 Å². The van der Waals surface area contributed by atoms with Crippen LogP contribution < -0.4 is 15.8 Å². The van der Waals surface area contributed by atoms with Crippen LogP contribution in [0.1, 0.15) is 22.8 Å². The molecule has 26 heavy (non-hydrogen) atoms. The van der Waals surface area contributed by atoms with E-state index >= 15 is 0 Å². The van der Waals surface area contributed by atoms with Crippen molar-refractivity contribution in [3.63, 3.8) is 0 Å². The lowest BCUT2D eigenvalue weighted by atomic mass is 10.1. The van der Waals surface area contributed by atoms with Gasteiger partial charge in [-0.25, -0.2) is 9.37 Å². The van der Waals surface area contributed by atoms with Crippen LogP contribution in [-0.2, 0) is 0 Å². The van der Waals surface area contributed by atoms with Crippen LogP contribution in [0.3, 0.4) is 0 Å². The van der Waals surface area contributed by atoms with Crippen molar-refractivity contribution in [1.82, 2.24) is 4.98 Å². The maximum Gasteiger partial charge on any atom is 0.425 e. The number of hydrogen-bond acceptors (Lipinski definition) is 4. The van der Waals surface area contributed by atoms with Crippen LogP contribution >= 0.6 is 11.6 Å². The first-order valence-corrected chi connectivity index (χ1v) is 7.63. The van der Waals surface area contributed by atoms with Crippen molar-refractivity contribution < 1.29 is 27.1 Å². The number of nitrogens with one attached hydrogen (secondary N) is 1. The van der Waals surface area contributed by atoms with Crippen LogP contribution in [0.5, 0.6) is 5.75 Å². The van der Waals surface area contributed by atoms with Gasteiger partial charge in [-0.15, -0.1) is 0 Å². The third-order valence-electron chi connectivity index (χ3n) is 3.46. The molecule has 0 fully saturated rings. The molecule has 2 rings (SSSR count). The molecular weight excluding hydrogens is 378 g/mol. The maximum atomic E-state index is 13.8. The van der Waals surface area contributed by atoms with Gasteiger partial charge in [0.25, 0.3) is 5.91 Å². The SMILES string of the molecule is Cc1ccnc(Cl)c1NC(=O)c1cc(F)c(N)cc1O[C@@H](C)C(F)(F)F. The zero-order valence-corrected chi connectivity index (χ0v) is 14.4. The Morgan fingerprint density at radius 3 is 2.62 bits per heavy atom. The second-order valence-electron chi connectivity index (χ2n) is 5.42. The molecule has 2 aromatic rings. The Morgan fingerprint density at radius 2 is 2.04 bits per heavy atom. The van der Waals surface area contributed by atoms with Gasteiger partial charge in [0.2, 0.25) is 0 Å². The molecule has 1 heterocycles. The monoisotopic (exact) mass is 391 g/mol. The average molecular weight is 392 g/mol. The molecular formula is C16H14ClF4N3O2. The highest BCUT2D eigenvalue weighted by atomic mass is 35.5. The topological polar surface area (TPSA) is 77.2 Å². The molecule has 0 aliphatic rings. The Balaban J connectivity index is 2.41. The van der Waals surface area contributed by atoms with Crippen LogP contribution in [0.4, 0.5) is 28.9 Å². The van der Waals surface area contributed by atoms with Gasteiger partial charge < -0.3 is 15.8 Å². The summed E-state index contributed by atoms with van der Waals surface area (Å²) in [6.45, 7) is 2.39. The molecule has 0 unspecified atom stereocenters. The summed E-state index contributed by atoms with van der Waals surface area (Å²) in [4.78, 5) is 16.3. The molecule has 1 atom stereocenters. The van der Waals surface area contributed by atoms with E-state index in [1.807, 2.05) is 0 Å². The van der Waals surface area contributed by atoms with Crippen molar-refractivity contribution in [2.24, 2.45) is 0 Å². The lowest BCUT2D eigenvalue weighted by molar-refractivity contribution is -0.189. The number of nitrogens with zero attached hydrogens (tertiary/aromatic N) is 1. The molecule has 0 bridgehead atoms. The first-order valence-electron chi connectivity index (χ1n) is 7.25. The Kier molecular flexibility index (Phi) is 5.60. The highest BCUT2D eigenvalue weighted by Gasteiger charge is 2.38. The van der Waals surface area contributed by atoms with Crippen molar-refractivity contribution in [2.45, 2.75) is 26.1 Å².